The number of sulfonamides is 1. The smallest absolute Gasteiger partial charge is 0.265 e. The summed E-state index contributed by atoms with van der Waals surface area (Å²) in [6, 6.07) is 14.4. The number of anilines is 1. The molecule has 0 unspecified atom stereocenters. The van der Waals surface area contributed by atoms with Gasteiger partial charge in [0.2, 0.25) is 10.0 Å². The van der Waals surface area contributed by atoms with Crippen molar-refractivity contribution >= 4 is 31.5 Å². The van der Waals surface area contributed by atoms with Gasteiger partial charge in [0.1, 0.15) is 5.75 Å². The summed E-state index contributed by atoms with van der Waals surface area (Å²) in [5.74, 6) is -0.0553. The Bertz CT molecular complexity index is 1180. The first-order valence-corrected chi connectivity index (χ1v) is 13.9. The molecule has 2 fully saturated rings. The van der Waals surface area contributed by atoms with E-state index in [1.165, 1.54) is 33.5 Å². The molecule has 2 aliphatic rings. The third kappa shape index (κ3) is 5.55. The Balaban J connectivity index is 1.44. The summed E-state index contributed by atoms with van der Waals surface area (Å²) in [5.41, 5.74) is 0.611. The van der Waals surface area contributed by atoms with Gasteiger partial charge in [0.15, 0.2) is 16.4 Å². The Hall–Kier alpha value is -2.47. The zero-order valence-electron chi connectivity index (χ0n) is 18.0. The lowest BCUT2D eigenvalue weighted by molar-refractivity contribution is -0.121. The van der Waals surface area contributed by atoms with Gasteiger partial charge in [-0.1, -0.05) is 18.2 Å². The number of carbonyl (C=O) groups excluding carboxylic acids is 1. The van der Waals surface area contributed by atoms with Gasteiger partial charge in [0, 0.05) is 18.8 Å². The first kappa shape index (κ1) is 23.7. The highest BCUT2D eigenvalue weighted by Crippen LogP contribution is 2.25. The van der Waals surface area contributed by atoms with Gasteiger partial charge in [-0.3, -0.25) is 4.79 Å². The Labute approximate surface area is 193 Å². The van der Waals surface area contributed by atoms with E-state index in [0.29, 0.717) is 44.2 Å². The van der Waals surface area contributed by atoms with Crippen LogP contribution in [0.4, 0.5) is 5.69 Å². The minimum absolute atomic E-state index is 0.0498. The van der Waals surface area contributed by atoms with Crippen molar-refractivity contribution in [3.05, 3.63) is 54.6 Å². The predicted molar refractivity (Wildman–Crippen MR) is 123 cm³/mol. The molecule has 0 aliphatic carbocycles. The van der Waals surface area contributed by atoms with Crippen LogP contribution in [0.3, 0.4) is 0 Å². The number of sulfone groups is 1. The fourth-order valence-corrected chi connectivity index (χ4v) is 7.09. The molecule has 11 heteroatoms. The van der Waals surface area contributed by atoms with Gasteiger partial charge < -0.3 is 14.4 Å². The summed E-state index contributed by atoms with van der Waals surface area (Å²) < 4.78 is 61.6. The molecular weight excluding hydrogens is 468 g/mol. The van der Waals surface area contributed by atoms with E-state index in [0.717, 1.165) is 0 Å². The van der Waals surface area contributed by atoms with Gasteiger partial charge in [-0.15, -0.1) is 0 Å². The summed E-state index contributed by atoms with van der Waals surface area (Å²) >= 11 is 0. The number of hydrogen-bond donors (Lipinski definition) is 0. The molecule has 0 radical (unpaired) electrons. The highest BCUT2D eigenvalue weighted by atomic mass is 32.2. The molecule has 2 heterocycles. The van der Waals surface area contributed by atoms with E-state index < -0.39 is 25.9 Å². The number of carbonyl (C=O) groups is 1. The Morgan fingerprint density at radius 1 is 1.06 bits per heavy atom. The lowest BCUT2D eigenvalue weighted by Crippen LogP contribution is -2.43. The maximum atomic E-state index is 13.0. The van der Waals surface area contributed by atoms with Crippen LogP contribution in [0.25, 0.3) is 0 Å². The first-order chi connectivity index (χ1) is 15.8. The van der Waals surface area contributed by atoms with Crippen molar-refractivity contribution in [2.45, 2.75) is 17.4 Å². The molecule has 2 saturated heterocycles. The number of morpholine rings is 1. The number of hydrogen-bond acceptors (Lipinski definition) is 7. The average molecular weight is 495 g/mol. The van der Waals surface area contributed by atoms with Crippen LogP contribution in [0, 0.1) is 0 Å². The molecule has 178 valence electrons. The lowest BCUT2D eigenvalue weighted by atomic mass is 10.2. The van der Waals surface area contributed by atoms with Crippen LogP contribution in [0.15, 0.2) is 59.5 Å². The molecule has 2 aliphatic heterocycles. The highest BCUT2D eigenvalue weighted by molar-refractivity contribution is 7.91. The van der Waals surface area contributed by atoms with Gasteiger partial charge in [-0.05, 0) is 42.8 Å². The normalized spacial score (nSPS) is 20.9. The minimum atomic E-state index is -3.62. The summed E-state index contributed by atoms with van der Waals surface area (Å²) in [6.45, 7) is 1.04. The van der Waals surface area contributed by atoms with Crippen molar-refractivity contribution in [1.29, 1.82) is 0 Å². The molecule has 1 amide bonds. The molecule has 0 bridgehead atoms. The topological polar surface area (TPSA) is 110 Å². The highest BCUT2D eigenvalue weighted by Gasteiger charge is 2.35. The van der Waals surface area contributed by atoms with E-state index in [4.69, 9.17) is 9.47 Å². The van der Waals surface area contributed by atoms with Crippen molar-refractivity contribution in [3.63, 3.8) is 0 Å². The molecule has 9 nitrogen and oxygen atoms in total. The van der Waals surface area contributed by atoms with Crippen molar-refractivity contribution < 1.29 is 31.1 Å². The molecular formula is C22H26N2O7S2. The van der Waals surface area contributed by atoms with E-state index in [1.807, 2.05) is 6.07 Å². The monoisotopic (exact) mass is 494 g/mol. The minimum Gasteiger partial charge on any atom is -0.484 e. The van der Waals surface area contributed by atoms with Gasteiger partial charge >= 0.3 is 0 Å². The van der Waals surface area contributed by atoms with Gasteiger partial charge in [-0.2, -0.15) is 4.31 Å². The molecule has 0 N–H and O–H groups in total. The first-order valence-electron chi connectivity index (χ1n) is 10.6. The molecule has 33 heavy (non-hydrogen) atoms. The van der Waals surface area contributed by atoms with Gasteiger partial charge in [0.05, 0.1) is 35.7 Å². The van der Waals surface area contributed by atoms with Crippen LogP contribution in [-0.4, -0.2) is 77.5 Å². The second-order valence-electron chi connectivity index (χ2n) is 7.93. The van der Waals surface area contributed by atoms with E-state index >= 15 is 0 Å². The fourth-order valence-electron chi connectivity index (χ4n) is 3.98. The Kier molecular flexibility index (Phi) is 7.03. The molecule has 2 aromatic rings. The van der Waals surface area contributed by atoms with Crippen LogP contribution in [0.1, 0.15) is 6.42 Å². The summed E-state index contributed by atoms with van der Waals surface area (Å²) in [6.07, 6.45) is 0.372. The lowest BCUT2D eigenvalue weighted by Gasteiger charge is -2.28. The fraction of sp³-hybridized carbons (Fsp3) is 0.409. The number of benzene rings is 2. The molecule has 1 atom stereocenters. The average Bonchev–Trinajstić information content (AvgIpc) is 3.18. The zero-order valence-corrected chi connectivity index (χ0v) is 19.6. The third-order valence-corrected chi connectivity index (χ3v) is 9.33. The van der Waals surface area contributed by atoms with Gasteiger partial charge in [-0.25, -0.2) is 16.8 Å². The van der Waals surface area contributed by atoms with Crippen LogP contribution in [0.2, 0.25) is 0 Å². The predicted octanol–water partition coefficient (Wildman–Crippen LogP) is 1.31. The van der Waals surface area contributed by atoms with Crippen molar-refractivity contribution in [2.24, 2.45) is 0 Å². The second-order valence-corrected chi connectivity index (χ2v) is 12.1. The maximum absolute atomic E-state index is 13.0. The third-order valence-electron chi connectivity index (χ3n) is 5.67. The van der Waals surface area contributed by atoms with Crippen molar-refractivity contribution in [3.8, 4) is 5.75 Å². The molecule has 0 spiro atoms. The molecule has 4 rings (SSSR count). The number of ether oxygens (including phenoxy) is 2. The van der Waals surface area contributed by atoms with Gasteiger partial charge in [0.25, 0.3) is 5.91 Å². The SMILES string of the molecule is O=C(COc1ccc(S(=O)(=O)N2CCOCC2)cc1)N(c1ccccc1)[C@@H]1CCS(=O)(=O)C1. The number of rotatable bonds is 7. The van der Waals surface area contributed by atoms with E-state index in [2.05, 4.69) is 0 Å². The summed E-state index contributed by atoms with van der Waals surface area (Å²) in [7, 11) is -6.80. The zero-order chi connectivity index (χ0) is 23.5. The summed E-state index contributed by atoms with van der Waals surface area (Å²) in [4.78, 5) is 14.7. The maximum Gasteiger partial charge on any atom is 0.265 e. The van der Waals surface area contributed by atoms with Crippen molar-refractivity contribution in [2.75, 3.05) is 49.3 Å². The standard InChI is InChI=1S/C22H26N2O7S2/c25-22(24(18-4-2-1-3-5-18)19-10-15-32(26,27)17-19)16-31-20-6-8-21(9-7-20)33(28,29)23-11-13-30-14-12-23/h1-9,19H,10-17H2/t19-/m1/s1. The summed E-state index contributed by atoms with van der Waals surface area (Å²) in [5, 5.41) is 0. The quantitative estimate of drug-likeness (QED) is 0.571. The number of amides is 1. The van der Waals surface area contributed by atoms with E-state index in [-0.39, 0.29) is 28.9 Å². The molecule has 0 saturated carbocycles. The van der Waals surface area contributed by atoms with Crippen LogP contribution >= 0.6 is 0 Å². The van der Waals surface area contributed by atoms with Crippen LogP contribution < -0.4 is 9.64 Å². The largest absolute Gasteiger partial charge is 0.484 e. The Morgan fingerprint density at radius 2 is 1.73 bits per heavy atom. The van der Waals surface area contributed by atoms with Crippen LogP contribution in [-0.2, 0) is 29.4 Å². The molecule has 0 aromatic heterocycles. The number of nitrogens with zero attached hydrogens (tertiary/aromatic N) is 2. The van der Waals surface area contributed by atoms with E-state index in [1.54, 1.807) is 24.3 Å². The molecule has 2 aromatic carbocycles. The number of para-hydroxylation sites is 1. The van der Waals surface area contributed by atoms with Crippen molar-refractivity contribution in [1.82, 2.24) is 4.31 Å². The van der Waals surface area contributed by atoms with Crippen LogP contribution in [0.5, 0.6) is 5.75 Å². The van der Waals surface area contributed by atoms with E-state index in [9.17, 15) is 21.6 Å². The second kappa shape index (κ2) is 9.80. The Morgan fingerprint density at radius 3 is 2.33 bits per heavy atom.